The van der Waals surface area contributed by atoms with Crippen molar-refractivity contribution in [2.24, 2.45) is 29.6 Å². The van der Waals surface area contributed by atoms with Gasteiger partial charge in [-0.1, -0.05) is 18.2 Å². The SMILES string of the molecule is CC(=CC1CC2CC1C1CC=CC21)C(C)O. The number of fused-ring (bicyclic) bond motifs is 5. The lowest BCUT2D eigenvalue weighted by atomic mass is 9.75. The minimum atomic E-state index is -0.267. The van der Waals surface area contributed by atoms with Crippen LogP contribution in [0.3, 0.4) is 0 Å². The number of aliphatic hydroxyl groups is 1. The Kier molecular flexibility index (Phi) is 2.47. The maximum Gasteiger partial charge on any atom is 0.0719 e. The fourth-order valence-corrected chi connectivity index (χ4v) is 4.28. The topological polar surface area (TPSA) is 20.2 Å². The summed E-state index contributed by atoms with van der Waals surface area (Å²) in [6.07, 6.45) is 11.1. The van der Waals surface area contributed by atoms with E-state index in [1.165, 1.54) is 24.8 Å². The van der Waals surface area contributed by atoms with Crippen molar-refractivity contribution < 1.29 is 5.11 Å². The van der Waals surface area contributed by atoms with Crippen molar-refractivity contribution in [3.63, 3.8) is 0 Å². The van der Waals surface area contributed by atoms with Gasteiger partial charge in [-0.25, -0.2) is 0 Å². The second-order valence-corrected chi connectivity index (χ2v) is 6.05. The Bertz CT molecular complexity index is 339. The zero-order valence-corrected chi connectivity index (χ0v) is 10.3. The van der Waals surface area contributed by atoms with Crippen LogP contribution in [-0.4, -0.2) is 11.2 Å². The first-order valence-electron chi connectivity index (χ1n) is 6.70. The molecule has 2 bridgehead atoms. The molecule has 0 amide bonds. The summed E-state index contributed by atoms with van der Waals surface area (Å²) in [7, 11) is 0. The number of allylic oxidation sites excluding steroid dienone is 3. The Hall–Kier alpha value is -0.560. The quantitative estimate of drug-likeness (QED) is 0.706. The van der Waals surface area contributed by atoms with Crippen molar-refractivity contribution >= 4 is 0 Å². The van der Waals surface area contributed by atoms with E-state index in [9.17, 15) is 5.11 Å². The normalized spacial score (nSPS) is 47.4. The number of hydrogen-bond acceptors (Lipinski definition) is 1. The predicted octanol–water partition coefficient (Wildman–Crippen LogP) is 3.16. The first-order valence-corrected chi connectivity index (χ1v) is 6.70. The maximum absolute atomic E-state index is 9.56. The highest BCUT2D eigenvalue weighted by atomic mass is 16.3. The summed E-state index contributed by atoms with van der Waals surface area (Å²) in [6.45, 7) is 3.94. The lowest BCUT2D eigenvalue weighted by Gasteiger charge is -2.30. The van der Waals surface area contributed by atoms with Crippen LogP contribution >= 0.6 is 0 Å². The van der Waals surface area contributed by atoms with E-state index in [0.717, 1.165) is 29.6 Å². The molecular formula is C15H22O. The van der Waals surface area contributed by atoms with Gasteiger partial charge in [0.25, 0.3) is 0 Å². The first kappa shape index (κ1) is 10.6. The van der Waals surface area contributed by atoms with Gasteiger partial charge < -0.3 is 5.11 Å². The molecule has 6 unspecified atom stereocenters. The van der Waals surface area contributed by atoms with Gasteiger partial charge >= 0.3 is 0 Å². The van der Waals surface area contributed by atoms with Gasteiger partial charge in [0.15, 0.2) is 0 Å². The predicted molar refractivity (Wildman–Crippen MR) is 65.9 cm³/mol. The Morgan fingerprint density at radius 3 is 2.94 bits per heavy atom. The van der Waals surface area contributed by atoms with E-state index in [0.29, 0.717) is 0 Å². The van der Waals surface area contributed by atoms with E-state index in [4.69, 9.17) is 0 Å². The second-order valence-electron chi connectivity index (χ2n) is 6.05. The van der Waals surface area contributed by atoms with E-state index < -0.39 is 0 Å². The molecule has 0 spiro atoms. The van der Waals surface area contributed by atoms with Crippen LogP contribution in [0.4, 0.5) is 0 Å². The highest BCUT2D eigenvalue weighted by Gasteiger charge is 2.51. The average Bonchev–Trinajstić information content (AvgIpc) is 2.87. The van der Waals surface area contributed by atoms with Crippen molar-refractivity contribution in [2.45, 2.75) is 39.2 Å². The molecule has 3 aliphatic rings. The molecule has 1 nitrogen and oxygen atoms in total. The molecule has 88 valence electrons. The van der Waals surface area contributed by atoms with E-state index in [1.54, 1.807) is 0 Å². The molecule has 6 atom stereocenters. The van der Waals surface area contributed by atoms with Crippen LogP contribution in [0, 0.1) is 29.6 Å². The van der Waals surface area contributed by atoms with Gasteiger partial charge in [0.05, 0.1) is 6.10 Å². The van der Waals surface area contributed by atoms with Gasteiger partial charge in [-0.3, -0.25) is 0 Å². The summed E-state index contributed by atoms with van der Waals surface area (Å²) < 4.78 is 0. The highest BCUT2D eigenvalue weighted by molar-refractivity contribution is 5.18. The maximum atomic E-state index is 9.56. The lowest BCUT2D eigenvalue weighted by molar-refractivity contribution is 0.219. The average molecular weight is 218 g/mol. The molecule has 0 saturated heterocycles. The van der Waals surface area contributed by atoms with Crippen molar-refractivity contribution in [3.05, 3.63) is 23.8 Å². The lowest BCUT2D eigenvalue weighted by Crippen LogP contribution is -2.24. The van der Waals surface area contributed by atoms with E-state index >= 15 is 0 Å². The van der Waals surface area contributed by atoms with E-state index in [2.05, 4.69) is 25.2 Å². The van der Waals surface area contributed by atoms with Gasteiger partial charge in [-0.05, 0) is 68.3 Å². The molecular weight excluding hydrogens is 196 g/mol. The van der Waals surface area contributed by atoms with Crippen LogP contribution in [0.1, 0.15) is 33.1 Å². The van der Waals surface area contributed by atoms with Gasteiger partial charge in [-0.2, -0.15) is 0 Å². The minimum Gasteiger partial charge on any atom is -0.389 e. The van der Waals surface area contributed by atoms with Crippen LogP contribution in [0.15, 0.2) is 23.8 Å². The molecule has 0 radical (unpaired) electrons. The van der Waals surface area contributed by atoms with Crippen molar-refractivity contribution in [3.8, 4) is 0 Å². The number of rotatable bonds is 2. The van der Waals surface area contributed by atoms with Crippen molar-refractivity contribution in [2.75, 3.05) is 0 Å². The van der Waals surface area contributed by atoms with Crippen LogP contribution in [0.2, 0.25) is 0 Å². The van der Waals surface area contributed by atoms with Gasteiger partial charge in [0.1, 0.15) is 0 Å². The largest absolute Gasteiger partial charge is 0.389 e. The van der Waals surface area contributed by atoms with E-state index in [-0.39, 0.29) is 6.10 Å². The molecule has 0 aromatic rings. The zero-order valence-electron chi connectivity index (χ0n) is 10.3. The van der Waals surface area contributed by atoms with Gasteiger partial charge in [0.2, 0.25) is 0 Å². The third kappa shape index (κ3) is 1.48. The molecule has 3 aliphatic carbocycles. The summed E-state index contributed by atoms with van der Waals surface area (Å²) in [4.78, 5) is 0. The summed E-state index contributed by atoms with van der Waals surface area (Å²) in [5, 5.41) is 9.56. The number of aliphatic hydroxyl groups excluding tert-OH is 1. The molecule has 0 heterocycles. The Labute approximate surface area is 98.2 Å². The Morgan fingerprint density at radius 2 is 2.19 bits per heavy atom. The molecule has 3 rings (SSSR count). The van der Waals surface area contributed by atoms with Gasteiger partial charge in [0, 0.05) is 0 Å². The summed E-state index contributed by atoms with van der Waals surface area (Å²) in [6, 6.07) is 0. The summed E-state index contributed by atoms with van der Waals surface area (Å²) >= 11 is 0. The molecule has 1 heteroatoms. The van der Waals surface area contributed by atoms with Crippen LogP contribution in [0.5, 0.6) is 0 Å². The zero-order chi connectivity index (χ0) is 11.3. The summed E-state index contributed by atoms with van der Waals surface area (Å²) in [5.41, 5.74) is 1.17. The van der Waals surface area contributed by atoms with Crippen LogP contribution in [0.25, 0.3) is 0 Å². The highest BCUT2D eigenvalue weighted by Crippen LogP contribution is 2.59. The summed E-state index contributed by atoms with van der Waals surface area (Å²) in [5.74, 6) is 4.43. The monoisotopic (exact) mass is 218 g/mol. The molecule has 0 aliphatic heterocycles. The number of hydrogen-bond donors (Lipinski definition) is 1. The van der Waals surface area contributed by atoms with Crippen LogP contribution in [-0.2, 0) is 0 Å². The van der Waals surface area contributed by atoms with Gasteiger partial charge in [-0.15, -0.1) is 0 Å². The molecule has 0 aromatic heterocycles. The smallest absolute Gasteiger partial charge is 0.0719 e. The second kappa shape index (κ2) is 3.73. The third-order valence-electron chi connectivity index (χ3n) is 5.19. The Balaban J connectivity index is 1.76. The molecule has 1 N–H and O–H groups in total. The first-order chi connectivity index (χ1) is 7.66. The fraction of sp³-hybridized carbons (Fsp3) is 0.733. The molecule has 2 saturated carbocycles. The van der Waals surface area contributed by atoms with Crippen molar-refractivity contribution in [1.82, 2.24) is 0 Å². The third-order valence-corrected chi connectivity index (χ3v) is 5.19. The fourth-order valence-electron chi connectivity index (χ4n) is 4.28. The molecule has 2 fully saturated rings. The minimum absolute atomic E-state index is 0.267. The van der Waals surface area contributed by atoms with E-state index in [1.807, 2.05) is 6.92 Å². The Morgan fingerprint density at radius 1 is 1.38 bits per heavy atom. The molecule has 16 heavy (non-hydrogen) atoms. The van der Waals surface area contributed by atoms with Crippen LogP contribution < -0.4 is 0 Å². The van der Waals surface area contributed by atoms with Crippen molar-refractivity contribution in [1.29, 1.82) is 0 Å². The standard InChI is InChI=1S/C15H22O/c1-9(10(2)16)6-11-7-12-8-15(11)14-5-3-4-13(12)14/h3-4,6,10-16H,5,7-8H2,1-2H3. The molecule has 0 aromatic carbocycles.